The third-order valence-corrected chi connectivity index (χ3v) is 5.61. The first-order valence-corrected chi connectivity index (χ1v) is 9.69. The van der Waals surface area contributed by atoms with E-state index in [-0.39, 0.29) is 5.63 Å². The maximum absolute atomic E-state index is 12.0. The summed E-state index contributed by atoms with van der Waals surface area (Å²) in [7, 11) is 0. The molecule has 0 saturated carbocycles. The molecular weight excluding hydrogens is 348 g/mol. The SMILES string of the molecule is Cc1ccc2c(CN3CC=C(c4c[nH]c5ccccc45)CC3)cc(=O)oc2c1. The number of rotatable bonds is 3. The van der Waals surface area contributed by atoms with Crippen molar-refractivity contribution in [2.75, 3.05) is 13.1 Å². The smallest absolute Gasteiger partial charge is 0.336 e. The number of aromatic nitrogens is 1. The van der Waals surface area contributed by atoms with Gasteiger partial charge in [-0.1, -0.05) is 36.4 Å². The molecule has 28 heavy (non-hydrogen) atoms. The second-order valence-electron chi connectivity index (χ2n) is 7.55. The second-order valence-corrected chi connectivity index (χ2v) is 7.55. The molecular formula is C24H22N2O2. The fraction of sp³-hybridized carbons (Fsp3) is 0.208. The van der Waals surface area contributed by atoms with Gasteiger partial charge in [0.25, 0.3) is 0 Å². The third kappa shape index (κ3) is 3.06. The van der Waals surface area contributed by atoms with Crippen molar-refractivity contribution in [2.45, 2.75) is 19.9 Å². The Morgan fingerprint density at radius 2 is 2.00 bits per heavy atom. The predicted octanol–water partition coefficient (Wildman–Crippen LogP) is 4.87. The van der Waals surface area contributed by atoms with Crippen molar-refractivity contribution >= 4 is 27.4 Å². The Labute approximate surface area is 163 Å². The summed E-state index contributed by atoms with van der Waals surface area (Å²) in [5.41, 5.74) is 6.40. The molecule has 0 amide bonds. The summed E-state index contributed by atoms with van der Waals surface area (Å²) in [6, 6.07) is 16.1. The number of H-pyrrole nitrogens is 1. The number of hydrogen-bond acceptors (Lipinski definition) is 3. The topological polar surface area (TPSA) is 49.2 Å². The summed E-state index contributed by atoms with van der Waals surface area (Å²) >= 11 is 0. The van der Waals surface area contributed by atoms with E-state index in [4.69, 9.17) is 4.42 Å². The molecule has 1 N–H and O–H groups in total. The van der Waals surface area contributed by atoms with Crippen LogP contribution in [0, 0.1) is 6.92 Å². The molecule has 2 aromatic carbocycles. The van der Waals surface area contributed by atoms with E-state index in [1.54, 1.807) is 6.07 Å². The molecule has 3 heterocycles. The highest BCUT2D eigenvalue weighted by molar-refractivity contribution is 5.92. The first kappa shape index (κ1) is 17.0. The van der Waals surface area contributed by atoms with Gasteiger partial charge in [-0.05, 0) is 42.2 Å². The molecule has 2 aromatic heterocycles. The normalized spacial score (nSPS) is 15.2. The second kappa shape index (κ2) is 6.80. The number of hydrogen-bond donors (Lipinski definition) is 1. The van der Waals surface area contributed by atoms with Crippen LogP contribution in [-0.4, -0.2) is 23.0 Å². The molecule has 0 saturated heterocycles. The average molecular weight is 370 g/mol. The van der Waals surface area contributed by atoms with Gasteiger partial charge >= 0.3 is 5.63 Å². The monoisotopic (exact) mass is 370 g/mol. The Hall–Kier alpha value is -3.11. The molecule has 0 unspecified atom stereocenters. The van der Waals surface area contributed by atoms with Crippen molar-refractivity contribution in [1.82, 2.24) is 9.88 Å². The zero-order valence-electron chi connectivity index (χ0n) is 15.9. The lowest BCUT2D eigenvalue weighted by molar-refractivity contribution is 0.294. The molecule has 140 valence electrons. The van der Waals surface area contributed by atoms with Crippen LogP contribution in [0.1, 0.15) is 23.1 Å². The molecule has 0 aliphatic carbocycles. The average Bonchev–Trinajstić information content (AvgIpc) is 3.12. The zero-order chi connectivity index (χ0) is 19.1. The molecule has 1 aliphatic rings. The maximum Gasteiger partial charge on any atom is 0.336 e. The first-order valence-electron chi connectivity index (χ1n) is 9.69. The van der Waals surface area contributed by atoms with Crippen LogP contribution in [0.4, 0.5) is 0 Å². The van der Waals surface area contributed by atoms with E-state index in [1.165, 1.54) is 22.0 Å². The van der Waals surface area contributed by atoms with E-state index in [0.29, 0.717) is 5.58 Å². The minimum Gasteiger partial charge on any atom is -0.423 e. The fourth-order valence-electron chi connectivity index (χ4n) is 4.15. The molecule has 0 bridgehead atoms. The number of aromatic amines is 1. The van der Waals surface area contributed by atoms with Gasteiger partial charge in [-0.15, -0.1) is 0 Å². The number of para-hydroxylation sites is 1. The molecule has 5 rings (SSSR count). The van der Waals surface area contributed by atoms with Crippen molar-refractivity contribution in [3.63, 3.8) is 0 Å². The molecule has 0 radical (unpaired) electrons. The first-order chi connectivity index (χ1) is 13.7. The Morgan fingerprint density at radius 3 is 2.86 bits per heavy atom. The van der Waals surface area contributed by atoms with Crippen LogP contribution in [0.25, 0.3) is 27.4 Å². The van der Waals surface area contributed by atoms with Gasteiger partial charge < -0.3 is 9.40 Å². The van der Waals surface area contributed by atoms with E-state index in [0.717, 1.165) is 42.6 Å². The maximum atomic E-state index is 12.0. The highest BCUT2D eigenvalue weighted by Crippen LogP contribution is 2.30. The van der Waals surface area contributed by atoms with Gasteiger partial charge in [0.15, 0.2) is 0 Å². The van der Waals surface area contributed by atoms with Gasteiger partial charge in [-0.3, -0.25) is 4.90 Å². The van der Waals surface area contributed by atoms with Crippen molar-refractivity contribution in [3.05, 3.63) is 87.9 Å². The standard InChI is InChI=1S/C24H22N2O2/c1-16-6-7-19-18(13-24(27)28-23(19)12-16)15-26-10-8-17(9-11-26)21-14-25-22-5-3-2-4-20(21)22/h2-8,12-14,25H,9-11,15H2,1H3. The fourth-order valence-corrected chi connectivity index (χ4v) is 4.15. The summed E-state index contributed by atoms with van der Waals surface area (Å²) in [4.78, 5) is 17.7. The van der Waals surface area contributed by atoms with Gasteiger partial charge in [-0.25, -0.2) is 4.79 Å². The lowest BCUT2D eigenvalue weighted by atomic mass is 9.98. The van der Waals surface area contributed by atoms with Crippen LogP contribution < -0.4 is 5.63 Å². The number of fused-ring (bicyclic) bond motifs is 2. The molecule has 4 nitrogen and oxygen atoms in total. The third-order valence-electron chi connectivity index (χ3n) is 5.61. The molecule has 0 fully saturated rings. The van der Waals surface area contributed by atoms with E-state index in [9.17, 15) is 4.79 Å². The lowest BCUT2D eigenvalue weighted by Crippen LogP contribution is -2.28. The predicted molar refractivity (Wildman–Crippen MR) is 113 cm³/mol. The molecule has 4 aromatic rings. The van der Waals surface area contributed by atoms with E-state index < -0.39 is 0 Å². The van der Waals surface area contributed by atoms with Crippen LogP contribution in [-0.2, 0) is 6.54 Å². The highest BCUT2D eigenvalue weighted by Gasteiger charge is 2.17. The Kier molecular flexibility index (Phi) is 4.14. The summed E-state index contributed by atoms with van der Waals surface area (Å²) in [6.07, 6.45) is 5.43. The van der Waals surface area contributed by atoms with Gasteiger partial charge in [0.05, 0.1) is 0 Å². The minimum absolute atomic E-state index is 0.278. The molecule has 1 aliphatic heterocycles. The number of aryl methyl sites for hydroxylation is 1. The van der Waals surface area contributed by atoms with Crippen LogP contribution in [0.15, 0.2) is 70.0 Å². The minimum atomic E-state index is -0.278. The molecule has 4 heteroatoms. The van der Waals surface area contributed by atoms with Crippen molar-refractivity contribution in [2.24, 2.45) is 0 Å². The highest BCUT2D eigenvalue weighted by atomic mass is 16.4. The largest absolute Gasteiger partial charge is 0.423 e. The Bertz CT molecular complexity index is 1260. The number of nitrogens with zero attached hydrogens (tertiary/aromatic N) is 1. The molecule has 0 atom stereocenters. The van der Waals surface area contributed by atoms with Crippen LogP contribution >= 0.6 is 0 Å². The van der Waals surface area contributed by atoms with E-state index in [1.807, 2.05) is 13.0 Å². The van der Waals surface area contributed by atoms with Crippen LogP contribution in [0.5, 0.6) is 0 Å². The number of benzene rings is 2. The van der Waals surface area contributed by atoms with Gasteiger partial charge in [0.1, 0.15) is 5.58 Å². The van der Waals surface area contributed by atoms with E-state index >= 15 is 0 Å². The quantitative estimate of drug-likeness (QED) is 0.523. The van der Waals surface area contributed by atoms with Crippen molar-refractivity contribution in [1.29, 1.82) is 0 Å². The number of nitrogens with one attached hydrogen (secondary N) is 1. The molecule has 0 spiro atoms. The summed E-state index contributed by atoms with van der Waals surface area (Å²) in [5, 5.41) is 2.31. The zero-order valence-corrected chi connectivity index (χ0v) is 15.9. The Balaban J connectivity index is 1.40. The van der Waals surface area contributed by atoms with Crippen molar-refractivity contribution in [3.8, 4) is 0 Å². The van der Waals surface area contributed by atoms with Crippen molar-refractivity contribution < 1.29 is 4.42 Å². The van der Waals surface area contributed by atoms with E-state index in [2.05, 4.69) is 58.6 Å². The summed E-state index contributed by atoms with van der Waals surface area (Å²) in [5.74, 6) is 0. The van der Waals surface area contributed by atoms with Crippen LogP contribution in [0.2, 0.25) is 0 Å². The van der Waals surface area contributed by atoms with Gasteiger partial charge in [0, 0.05) is 53.8 Å². The van der Waals surface area contributed by atoms with Gasteiger partial charge in [-0.2, -0.15) is 0 Å². The Morgan fingerprint density at radius 1 is 1.11 bits per heavy atom. The summed E-state index contributed by atoms with van der Waals surface area (Å²) in [6.45, 7) is 4.61. The summed E-state index contributed by atoms with van der Waals surface area (Å²) < 4.78 is 5.39. The van der Waals surface area contributed by atoms with Crippen LogP contribution in [0.3, 0.4) is 0 Å². The lowest BCUT2D eigenvalue weighted by Gasteiger charge is -2.26. The van der Waals surface area contributed by atoms with Gasteiger partial charge in [0.2, 0.25) is 0 Å².